The van der Waals surface area contributed by atoms with Gasteiger partial charge in [-0.3, -0.25) is 10.1 Å². The molecular weight excluding hydrogens is 346 g/mol. The van der Waals surface area contributed by atoms with Crippen molar-refractivity contribution in [3.05, 3.63) is 37.8 Å². The van der Waals surface area contributed by atoms with Crippen LogP contribution in [-0.2, 0) is 10.1 Å². The van der Waals surface area contributed by atoms with Gasteiger partial charge in [0.2, 0.25) is 0 Å². The van der Waals surface area contributed by atoms with Gasteiger partial charge >= 0.3 is 5.97 Å². The average molecular weight is 353 g/mol. The number of hydrogen-bond acceptors (Lipinski definition) is 4. The first-order valence-electron chi connectivity index (χ1n) is 4.12. The van der Waals surface area contributed by atoms with Gasteiger partial charge in [-0.25, -0.2) is 4.79 Å². The molecule has 0 atom stereocenters. The molecule has 1 aromatic carbocycles. The van der Waals surface area contributed by atoms with Crippen LogP contribution < -0.4 is 0 Å². The van der Waals surface area contributed by atoms with Crippen LogP contribution in [0.2, 0.25) is 0 Å². The van der Waals surface area contributed by atoms with Crippen LogP contribution in [0.25, 0.3) is 0 Å². The number of esters is 1. The van der Waals surface area contributed by atoms with Crippen molar-refractivity contribution < 1.29 is 14.5 Å². The summed E-state index contributed by atoms with van der Waals surface area (Å²) in [5.41, 5.74) is 0.518. The molecule has 0 aliphatic carbocycles. The number of benzene rings is 1. The van der Waals surface area contributed by atoms with E-state index in [2.05, 4.69) is 36.6 Å². The fourth-order valence-electron chi connectivity index (χ4n) is 1.15. The average Bonchev–Trinajstić information content (AvgIpc) is 2.27. The fraction of sp³-hybridized carbons (Fsp3) is 0.222. The molecule has 0 spiro atoms. The van der Waals surface area contributed by atoms with Crippen molar-refractivity contribution in [3.8, 4) is 0 Å². The van der Waals surface area contributed by atoms with Crippen molar-refractivity contribution in [2.45, 2.75) is 5.33 Å². The zero-order valence-electron chi connectivity index (χ0n) is 8.20. The van der Waals surface area contributed by atoms with Crippen molar-refractivity contribution in [3.63, 3.8) is 0 Å². The summed E-state index contributed by atoms with van der Waals surface area (Å²) >= 11 is 6.32. The van der Waals surface area contributed by atoms with E-state index in [1.165, 1.54) is 19.2 Å². The van der Waals surface area contributed by atoms with Gasteiger partial charge in [-0.1, -0.05) is 15.9 Å². The number of carbonyl (C=O) groups excluding carboxylic acids is 1. The van der Waals surface area contributed by atoms with E-state index < -0.39 is 10.9 Å². The zero-order chi connectivity index (χ0) is 12.3. The van der Waals surface area contributed by atoms with E-state index in [-0.39, 0.29) is 11.3 Å². The summed E-state index contributed by atoms with van der Waals surface area (Å²) in [5.74, 6) is -0.615. The van der Waals surface area contributed by atoms with E-state index in [9.17, 15) is 14.9 Å². The van der Waals surface area contributed by atoms with Crippen LogP contribution in [0.1, 0.15) is 15.9 Å². The molecule has 1 rings (SSSR count). The highest BCUT2D eigenvalue weighted by Gasteiger charge is 2.20. The Morgan fingerprint density at radius 1 is 1.56 bits per heavy atom. The molecule has 0 fully saturated rings. The summed E-state index contributed by atoms with van der Waals surface area (Å²) < 4.78 is 4.99. The number of hydrogen-bond donors (Lipinski definition) is 0. The van der Waals surface area contributed by atoms with Gasteiger partial charge in [0.05, 0.1) is 17.6 Å². The minimum absolute atomic E-state index is 0.111. The number of methoxy groups -OCH3 is 1. The molecule has 86 valence electrons. The lowest BCUT2D eigenvalue weighted by Crippen LogP contribution is -2.05. The minimum atomic E-state index is -0.615. The molecule has 0 aliphatic rings. The third-order valence-electron chi connectivity index (χ3n) is 1.91. The van der Waals surface area contributed by atoms with Crippen LogP contribution in [0.5, 0.6) is 0 Å². The van der Waals surface area contributed by atoms with E-state index in [0.29, 0.717) is 15.4 Å². The van der Waals surface area contributed by atoms with Gasteiger partial charge in [0.25, 0.3) is 5.69 Å². The van der Waals surface area contributed by atoms with E-state index in [0.717, 1.165) is 0 Å². The Bertz CT molecular complexity index is 447. The maximum Gasteiger partial charge on any atom is 0.339 e. The van der Waals surface area contributed by atoms with Crippen molar-refractivity contribution >= 4 is 43.5 Å². The Labute approximate surface area is 108 Å². The Morgan fingerprint density at radius 2 is 2.19 bits per heavy atom. The van der Waals surface area contributed by atoms with Gasteiger partial charge in [0.15, 0.2) is 0 Å². The number of nitrogens with zero attached hydrogens (tertiary/aromatic N) is 1. The summed E-state index contributed by atoms with van der Waals surface area (Å²) in [6, 6.07) is 2.73. The maximum atomic E-state index is 11.3. The quantitative estimate of drug-likeness (QED) is 0.363. The number of halogens is 2. The lowest BCUT2D eigenvalue weighted by molar-refractivity contribution is -0.385. The second-order valence-corrected chi connectivity index (χ2v) is 4.26. The van der Waals surface area contributed by atoms with Gasteiger partial charge < -0.3 is 4.74 Å². The third kappa shape index (κ3) is 2.59. The summed E-state index contributed by atoms with van der Waals surface area (Å²) in [6.45, 7) is 0. The predicted octanol–water partition coefficient (Wildman–Crippen LogP) is 3.04. The molecule has 1 aromatic rings. The lowest BCUT2D eigenvalue weighted by atomic mass is 10.1. The maximum absolute atomic E-state index is 11.3. The molecule has 0 aromatic heterocycles. The minimum Gasteiger partial charge on any atom is -0.465 e. The molecule has 7 heteroatoms. The number of nitro benzene ring substituents is 1. The molecule has 0 heterocycles. The summed E-state index contributed by atoms with van der Waals surface area (Å²) in [6.07, 6.45) is 0. The Hall–Kier alpha value is -0.950. The third-order valence-corrected chi connectivity index (χ3v) is 3.17. The van der Waals surface area contributed by atoms with Crippen molar-refractivity contribution in [1.29, 1.82) is 0 Å². The normalized spacial score (nSPS) is 9.94. The molecular formula is C9H7Br2NO4. The molecule has 0 radical (unpaired) electrons. The van der Waals surface area contributed by atoms with E-state index in [1.807, 2.05) is 0 Å². The molecule has 0 unspecified atom stereocenters. The second kappa shape index (κ2) is 5.40. The van der Waals surface area contributed by atoms with Crippen LogP contribution in [-0.4, -0.2) is 18.0 Å². The topological polar surface area (TPSA) is 69.4 Å². The van der Waals surface area contributed by atoms with Gasteiger partial charge in [-0.05, 0) is 22.0 Å². The monoisotopic (exact) mass is 351 g/mol. The summed E-state index contributed by atoms with van der Waals surface area (Å²) in [4.78, 5) is 21.6. The van der Waals surface area contributed by atoms with Gasteiger partial charge in [-0.2, -0.15) is 0 Å². The van der Waals surface area contributed by atoms with E-state index >= 15 is 0 Å². The highest BCUT2D eigenvalue weighted by Crippen LogP contribution is 2.29. The molecule has 0 amide bonds. The number of carbonyl (C=O) groups is 1. The first-order chi connectivity index (χ1) is 7.51. The van der Waals surface area contributed by atoms with E-state index in [4.69, 9.17) is 0 Å². The fourth-order valence-corrected chi connectivity index (χ4v) is 2.15. The smallest absolute Gasteiger partial charge is 0.339 e. The van der Waals surface area contributed by atoms with Crippen molar-refractivity contribution in [2.24, 2.45) is 0 Å². The largest absolute Gasteiger partial charge is 0.465 e. The summed E-state index contributed by atoms with van der Waals surface area (Å²) in [5, 5.41) is 11.1. The Morgan fingerprint density at radius 3 is 2.62 bits per heavy atom. The van der Waals surface area contributed by atoms with Crippen molar-refractivity contribution in [1.82, 2.24) is 0 Å². The van der Waals surface area contributed by atoms with Crippen LogP contribution in [0.4, 0.5) is 5.69 Å². The first-order valence-corrected chi connectivity index (χ1v) is 6.03. The Kier molecular flexibility index (Phi) is 4.43. The van der Waals surface area contributed by atoms with Crippen LogP contribution in [0.3, 0.4) is 0 Å². The van der Waals surface area contributed by atoms with Gasteiger partial charge in [0.1, 0.15) is 0 Å². The summed E-state index contributed by atoms with van der Waals surface area (Å²) in [7, 11) is 1.22. The molecule has 16 heavy (non-hydrogen) atoms. The molecule has 5 nitrogen and oxygen atoms in total. The zero-order valence-corrected chi connectivity index (χ0v) is 11.4. The SMILES string of the molecule is COC(=O)c1cc([N+](=O)[O-])c(CBr)cc1Br. The predicted molar refractivity (Wildman–Crippen MR) is 64.8 cm³/mol. The molecule has 0 aliphatic heterocycles. The van der Waals surface area contributed by atoms with Gasteiger partial charge in [-0.15, -0.1) is 0 Å². The van der Waals surface area contributed by atoms with Gasteiger partial charge in [0, 0.05) is 21.4 Å². The first kappa shape index (κ1) is 13.1. The van der Waals surface area contributed by atoms with Crippen LogP contribution in [0.15, 0.2) is 16.6 Å². The molecule has 0 bridgehead atoms. The highest BCUT2D eigenvalue weighted by atomic mass is 79.9. The van der Waals surface area contributed by atoms with E-state index in [1.54, 1.807) is 0 Å². The van der Waals surface area contributed by atoms with Crippen LogP contribution in [0, 0.1) is 10.1 Å². The number of ether oxygens (including phenoxy) is 1. The van der Waals surface area contributed by atoms with Crippen molar-refractivity contribution in [2.75, 3.05) is 7.11 Å². The Balaban J connectivity index is 3.38. The molecule has 0 saturated carbocycles. The standard InChI is InChI=1S/C9H7Br2NO4/c1-16-9(13)6-3-8(12(14)15)5(4-10)2-7(6)11/h2-3H,4H2,1H3. The number of rotatable bonds is 3. The number of alkyl halides is 1. The second-order valence-electron chi connectivity index (χ2n) is 2.84. The molecule has 0 N–H and O–H groups in total. The van der Waals surface area contributed by atoms with Crippen LogP contribution >= 0.6 is 31.9 Å². The number of nitro groups is 1. The highest BCUT2D eigenvalue weighted by molar-refractivity contribution is 9.10. The lowest BCUT2D eigenvalue weighted by Gasteiger charge is -2.05. The molecule has 0 saturated heterocycles.